The average molecular weight is 308 g/mol. The van der Waals surface area contributed by atoms with Gasteiger partial charge in [-0.1, -0.05) is 72.1 Å². The summed E-state index contributed by atoms with van der Waals surface area (Å²) in [6.07, 6.45) is 12.3. The standard InChI is InChI=1S/C15H32O6/c1-4-6-7-8-9-10-11-13-15(3,12-5-2)14-17-19-21-20-18-16/h16H,4-14H2,1-3H3. The van der Waals surface area contributed by atoms with E-state index in [0.717, 1.165) is 19.3 Å². The van der Waals surface area contributed by atoms with Crippen LogP contribution in [0.5, 0.6) is 0 Å². The van der Waals surface area contributed by atoms with E-state index in [1.165, 1.54) is 44.9 Å². The van der Waals surface area contributed by atoms with Crippen LogP contribution in [-0.2, 0) is 25.0 Å². The highest BCUT2D eigenvalue weighted by Crippen LogP contribution is 2.30. The lowest BCUT2D eigenvalue weighted by molar-refractivity contribution is -0.753. The quantitative estimate of drug-likeness (QED) is 0.242. The molecule has 0 aliphatic heterocycles. The minimum Gasteiger partial charge on any atom is -0.219 e. The normalized spacial score (nSPS) is 14.3. The molecule has 0 aromatic carbocycles. The second-order valence-corrected chi connectivity index (χ2v) is 5.97. The maximum absolute atomic E-state index is 7.85. The van der Waals surface area contributed by atoms with Gasteiger partial charge in [-0.25, -0.2) is 10.1 Å². The molecule has 0 saturated carbocycles. The predicted molar refractivity (Wildman–Crippen MR) is 78.5 cm³/mol. The van der Waals surface area contributed by atoms with Gasteiger partial charge in [0, 0.05) is 0 Å². The number of unbranched alkanes of at least 4 members (excludes halogenated alkanes) is 6. The fourth-order valence-electron chi connectivity index (χ4n) is 2.59. The highest BCUT2D eigenvalue weighted by Gasteiger charge is 2.24. The lowest BCUT2D eigenvalue weighted by atomic mass is 9.81. The summed E-state index contributed by atoms with van der Waals surface area (Å²) in [6, 6.07) is 0. The van der Waals surface area contributed by atoms with E-state index >= 15 is 0 Å². The highest BCUT2D eigenvalue weighted by molar-refractivity contribution is 4.73. The molecule has 0 saturated heterocycles. The Balaban J connectivity index is 3.71. The van der Waals surface area contributed by atoms with Crippen molar-refractivity contribution in [2.45, 2.75) is 85.0 Å². The van der Waals surface area contributed by atoms with Gasteiger partial charge in [-0.2, -0.15) is 0 Å². The predicted octanol–water partition coefficient (Wildman–Crippen LogP) is 5.15. The van der Waals surface area contributed by atoms with Crippen LogP contribution in [0, 0.1) is 5.41 Å². The van der Waals surface area contributed by atoms with Crippen LogP contribution in [0.1, 0.15) is 85.0 Å². The van der Waals surface area contributed by atoms with Crippen molar-refractivity contribution >= 4 is 0 Å². The molecule has 0 rings (SSSR count). The molecule has 1 unspecified atom stereocenters. The average Bonchev–Trinajstić information content (AvgIpc) is 2.46. The first-order chi connectivity index (χ1) is 10.2. The molecule has 21 heavy (non-hydrogen) atoms. The van der Waals surface area contributed by atoms with Crippen molar-refractivity contribution in [3.63, 3.8) is 0 Å². The van der Waals surface area contributed by atoms with Crippen molar-refractivity contribution in [2.24, 2.45) is 5.41 Å². The number of hydrogen-bond donors (Lipinski definition) is 1. The molecule has 0 radical (unpaired) electrons. The Kier molecular flexibility index (Phi) is 14.5. The number of rotatable bonds is 16. The topological polar surface area (TPSA) is 66.4 Å². The zero-order valence-electron chi connectivity index (χ0n) is 13.8. The third kappa shape index (κ3) is 13.2. The van der Waals surface area contributed by atoms with Crippen molar-refractivity contribution in [1.29, 1.82) is 0 Å². The monoisotopic (exact) mass is 308 g/mol. The van der Waals surface area contributed by atoms with Crippen molar-refractivity contribution < 1.29 is 30.3 Å². The molecule has 1 N–H and O–H groups in total. The van der Waals surface area contributed by atoms with Crippen molar-refractivity contribution in [2.75, 3.05) is 6.61 Å². The summed E-state index contributed by atoms with van der Waals surface area (Å²) < 4.78 is 0. The van der Waals surface area contributed by atoms with Gasteiger partial charge in [0.05, 0.1) is 6.61 Å². The van der Waals surface area contributed by atoms with Gasteiger partial charge in [0.15, 0.2) is 0 Å². The molecular formula is C15H32O6. The van der Waals surface area contributed by atoms with Crippen LogP contribution in [0.25, 0.3) is 0 Å². The Morgan fingerprint density at radius 2 is 1.43 bits per heavy atom. The zero-order valence-corrected chi connectivity index (χ0v) is 13.8. The SMILES string of the molecule is CCCCCCCCCC(C)(CCC)COOOOOO. The summed E-state index contributed by atoms with van der Waals surface area (Å²) in [5.74, 6) is 0. The Morgan fingerprint density at radius 1 is 0.762 bits per heavy atom. The summed E-state index contributed by atoms with van der Waals surface area (Å²) in [5, 5.41) is 22.9. The fraction of sp³-hybridized carbons (Fsp3) is 1.00. The van der Waals surface area contributed by atoms with E-state index in [-0.39, 0.29) is 5.41 Å². The van der Waals surface area contributed by atoms with Gasteiger partial charge in [0.1, 0.15) is 0 Å². The summed E-state index contributed by atoms with van der Waals surface area (Å²) in [6.45, 7) is 6.98. The van der Waals surface area contributed by atoms with E-state index in [4.69, 9.17) is 10.1 Å². The van der Waals surface area contributed by atoms with Gasteiger partial charge in [0.2, 0.25) is 0 Å². The molecule has 0 aromatic rings. The van der Waals surface area contributed by atoms with Gasteiger partial charge < -0.3 is 0 Å². The van der Waals surface area contributed by atoms with Crippen molar-refractivity contribution in [3.8, 4) is 0 Å². The Hall–Kier alpha value is -0.240. The Labute approximate surface area is 128 Å². The van der Waals surface area contributed by atoms with Crippen LogP contribution >= 0.6 is 0 Å². The van der Waals surface area contributed by atoms with Crippen LogP contribution < -0.4 is 0 Å². The molecule has 0 aliphatic carbocycles. The maximum atomic E-state index is 7.85. The molecule has 0 spiro atoms. The summed E-state index contributed by atoms with van der Waals surface area (Å²) in [4.78, 5) is 4.93. The maximum Gasteiger partial charge on any atom is 0.0908 e. The van der Waals surface area contributed by atoms with Crippen LogP contribution in [0.3, 0.4) is 0 Å². The van der Waals surface area contributed by atoms with Gasteiger partial charge in [-0.05, 0) is 38.4 Å². The smallest absolute Gasteiger partial charge is 0.0908 e. The van der Waals surface area contributed by atoms with E-state index in [1.807, 2.05) is 0 Å². The molecule has 0 heterocycles. The molecule has 0 fully saturated rings. The van der Waals surface area contributed by atoms with Crippen LogP contribution in [-0.4, -0.2) is 11.9 Å². The molecule has 0 aromatic heterocycles. The highest BCUT2D eigenvalue weighted by atomic mass is 17.8. The van der Waals surface area contributed by atoms with Crippen LogP contribution in [0.15, 0.2) is 0 Å². The largest absolute Gasteiger partial charge is 0.219 e. The summed E-state index contributed by atoms with van der Waals surface area (Å²) in [7, 11) is 0. The molecule has 0 bridgehead atoms. The molecule has 128 valence electrons. The molecule has 0 amide bonds. The van der Waals surface area contributed by atoms with Gasteiger partial charge in [0.25, 0.3) is 0 Å². The lowest BCUT2D eigenvalue weighted by Crippen LogP contribution is -2.23. The van der Waals surface area contributed by atoms with E-state index in [2.05, 4.69) is 40.9 Å². The van der Waals surface area contributed by atoms with E-state index in [1.54, 1.807) is 0 Å². The van der Waals surface area contributed by atoms with Crippen molar-refractivity contribution in [3.05, 3.63) is 0 Å². The first-order valence-electron chi connectivity index (χ1n) is 8.11. The van der Waals surface area contributed by atoms with Gasteiger partial charge >= 0.3 is 0 Å². The summed E-state index contributed by atoms with van der Waals surface area (Å²) >= 11 is 0. The second kappa shape index (κ2) is 14.7. The van der Waals surface area contributed by atoms with Gasteiger partial charge in [-0.15, -0.1) is 0 Å². The molecule has 1 atom stereocenters. The summed E-state index contributed by atoms with van der Waals surface area (Å²) in [5.41, 5.74) is 0.0571. The van der Waals surface area contributed by atoms with Crippen LogP contribution in [0.2, 0.25) is 0 Å². The zero-order chi connectivity index (χ0) is 15.8. The Bertz CT molecular complexity index is 214. The third-order valence-electron chi connectivity index (χ3n) is 3.78. The molecule has 6 heteroatoms. The molecule has 0 aliphatic rings. The fourth-order valence-corrected chi connectivity index (χ4v) is 2.59. The minimum atomic E-state index is 0.0571. The van der Waals surface area contributed by atoms with Gasteiger partial charge in [-0.3, -0.25) is 0 Å². The van der Waals surface area contributed by atoms with Crippen molar-refractivity contribution in [1.82, 2.24) is 0 Å². The van der Waals surface area contributed by atoms with E-state index < -0.39 is 0 Å². The second-order valence-electron chi connectivity index (χ2n) is 5.97. The van der Waals surface area contributed by atoms with E-state index in [9.17, 15) is 0 Å². The third-order valence-corrected chi connectivity index (χ3v) is 3.78. The molecular weight excluding hydrogens is 276 g/mol. The van der Waals surface area contributed by atoms with E-state index in [0.29, 0.717) is 6.61 Å². The number of hydrogen-bond acceptors (Lipinski definition) is 6. The minimum absolute atomic E-state index is 0.0571. The Morgan fingerprint density at radius 3 is 2.05 bits per heavy atom. The van der Waals surface area contributed by atoms with Crippen LogP contribution in [0.4, 0.5) is 0 Å². The lowest BCUT2D eigenvalue weighted by Gasteiger charge is -2.27. The molecule has 6 nitrogen and oxygen atoms in total. The first-order valence-corrected chi connectivity index (χ1v) is 8.11. The first kappa shape index (κ1) is 20.8.